The standard InChI is InChI=1S/C24H31NO5/c1-6-28-23(27)21(25-24(3,4)5)30-20-14-10-11-18(16-20)15-17(2)29-22(26)19-12-8-7-9-13-19/h7-14,16-17,21,25H,6,15H2,1-5H3. The Bertz CT molecular complexity index is 829. The van der Waals surface area contributed by atoms with Crippen molar-refractivity contribution >= 4 is 11.9 Å². The van der Waals surface area contributed by atoms with E-state index < -0.39 is 12.2 Å². The van der Waals surface area contributed by atoms with Crippen molar-refractivity contribution in [3.8, 4) is 5.75 Å². The molecule has 0 amide bonds. The molecule has 0 saturated carbocycles. The number of ether oxygens (including phenoxy) is 3. The summed E-state index contributed by atoms with van der Waals surface area (Å²) in [5, 5.41) is 3.13. The Kier molecular flexibility index (Phi) is 8.42. The molecule has 1 N–H and O–H groups in total. The Morgan fingerprint density at radius 1 is 1.03 bits per heavy atom. The second kappa shape index (κ2) is 10.8. The minimum atomic E-state index is -0.923. The summed E-state index contributed by atoms with van der Waals surface area (Å²) in [5.74, 6) is -0.292. The van der Waals surface area contributed by atoms with Crippen LogP contribution in [0, 0.1) is 0 Å². The number of carbonyl (C=O) groups excluding carboxylic acids is 2. The van der Waals surface area contributed by atoms with Gasteiger partial charge in [0.15, 0.2) is 0 Å². The third-order valence-corrected chi connectivity index (χ3v) is 4.06. The van der Waals surface area contributed by atoms with Crippen LogP contribution in [0.15, 0.2) is 54.6 Å². The molecule has 0 aromatic heterocycles. The van der Waals surface area contributed by atoms with Gasteiger partial charge in [-0.05, 0) is 64.4 Å². The molecule has 0 heterocycles. The highest BCUT2D eigenvalue weighted by atomic mass is 16.6. The lowest BCUT2D eigenvalue weighted by molar-refractivity contribution is -0.154. The van der Waals surface area contributed by atoms with E-state index >= 15 is 0 Å². The monoisotopic (exact) mass is 413 g/mol. The maximum atomic E-state index is 12.3. The summed E-state index contributed by atoms with van der Waals surface area (Å²) < 4.78 is 16.5. The molecule has 2 aromatic rings. The second-order valence-corrected chi connectivity index (χ2v) is 8.08. The molecule has 0 fully saturated rings. The van der Waals surface area contributed by atoms with Crippen molar-refractivity contribution in [3.05, 3.63) is 65.7 Å². The Balaban J connectivity index is 2.03. The summed E-state index contributed by atoms with van der Waals surface area (Å²) in [7, 11) is 0. The number of benzene rings is 2. The summed E-state index contributed by atoms with van der Waals surface area (Å²) >= 11 is 0. The molecule has 2 aromatic carbocycles. The number of esters is 2. The zero-order valence-electron chi connectivity index (χ0n) is 18.3. The molecule has 6 nitrogen and oxygen atoms in total. The largest absolute Gasteiger partial charge is 0.464 e. The van der Waals surface area contributed by atoms with Crippen LogP contribution in [0.4, 0.5) is 0 Å². The molecule has 0 spiro atoms. The topological polar surface area (TPSA) is 73.9 Å². The van der Waals surface area contributed by atoms with Gasteiger partial charge in [0.25, 0.3) is 0 Å². The quantitative estimate of drug-likeness (QED) is 0.492. The summed E-state index contributed by atoms with van der Waals surface area (Å²) in [6.07, 6.45) is -0.720. The normalized spacial score (nSPS) is 13.2. The summed E-state index contributed by atoms with van der Waals surface area (Å²) in [5.41, 5.74) is 1.11. The van der Waals surface area contributed by atoms with E-state index in [2.05, 4.69) is 5.32 Å². The molecule has 0 aliphatic heterocycles. The smallest absolute Gasteiger partial charge is 0.363 e. The molecule has 2 unspecified atom stereocenters. The Labute approximate surface area is 178 Å². The van der Waals surface area contributed by atoms with Gasteiger partial charge in [0.2, 0.25) is 6.23 Å². The van der Waals surface area contributed by atoms with Gasteiger partial charge < -0.3 is 14.2 Å². The van der Waals surface area contributed by atoms with Gasteiger partial charge in [0, 0.05) is 12.0 Å². The third kappa shape index (κ3) is 7.87. The molecule has 0 aliphatic rings. The minimum Gasteiger partial charge on any atom is -0.464 e. The maximum Gasteiger partial charge on any atom is 0.363 e. The third-order valence-electron chi connectivity index (χ3n) is 4.06. The maximum absolute atomic E-state index is 12.3. The second-order valence-electron chi connectivity index (χ2n) is 8.08. The van der Waals surface area contributed by atoms with E-state index in [-0.39, 0.29) is 24.2 Å². The number of hydrogen-bond acceptors (Lipinski definition) is 6. The van der Waals surface area contributed by atoms with E-state index in [1.807, 2.05) is 52.0 Å². The van der Waals surface area contributed by atoms with Crippen LogP contribution in [0.3, 0.4) is 0 Å². The van der Waals surface area contributed by atoms with E-state index in [9.17, 15) is 9.59 Å². The van der Waals surface area contributed by atoms with E-state index in [0.717, 1.165) is 5.56 Å². The molecular weight excluding hydrogens is 382 g/mol. The molecule has 30 heavy (non-hydrogen) atoms. The highest BCUT2D eigenvalue weighted by Gasteiger charge is 2.27. The molecule has 2 rings (SSSR count). The van der Waals surface area contributed by atoms with Gasteiger partial charge in [0.05, 0.1) is 12.2 Å². The summed E-state index contributed by atoms with van der Waals surface area (Å²) in [6, 6.07) is 16.3. The van der Waals surface area contributed by atoms with Crippen LogP contribution in [0.1, 0.15) is 50.5 Å². The highest BCUT2D eigenvalue weighted by Crippen LogP contribution is 2.18. The summed E-state index contributed by atoms with van der Waals surface area (Å²) in [6.45, 7) is 9.71. The lowest BCUT2D eigenvalue weighted by Crippen LogP contribution is -2.51. The van der Waals surface area contributed by atoms with Gasteiger partial charge in [-0.3, -0.25) is 5.32 Å². The van der Waals surface area contributed by atoms with Crippen molar-refractivity contribution in [2.24, 2.45) is 0 Å². The first kappa shape index (κ1) is 23.4. The molecule has 162 valence electrons. The number of carbonyl (C=O) groups is 2. The van der Waals surface area contributed by atoms with Crippen LogP contribution in [-0.4, -0.2) is 36.4 Å². The molecule has 0 radical (unpaired) electrons. The number of nitrogens with one attached hydrogen (secondary N) is 1. The van der Waals surface area contributed by atoms with E-state index in [4.69, 9.17) is 14.2 Å². The Morgan fingerprint density at radius 2 is 1.73 bits per heavy atom. The highest BCUT2D eigenvalue weighted by molar-refractivity contribution is 5.89. The van der Waals surface area contributed by atoms with Gasteiger partial charge >= 0.3 is 11.9 Å². The lowest BCUT2D eigenvalue weighted by Gasteiger charge is -2.27. The average molecular weight is 414 g/mol. The fourth-order valence-electron chi connectivity index (χ4n) is 2.83. The summed E-state index contributed by atoms with van der Waals surface area (Å²) in [4.78, 5) is 24.5. The number of hydrogen-bond donors (Lipinski definition) is 1. The molecular formula is C24H31NO5. The van der Waals surface area contributed by atoms with Crippen molar-refractivity contribution in [1.82, 2.24) is 5.32 Å². The van der Waals surface area contributed by atoms with Crippen molar-refractivity contribution in [3.63, 3.8) is 0 Å². The van der Waals surface area contributed by atoms with Gasteiger partial charge in [-0.1, -0.05) is 30.3 Å². The molecule has 0 saturated heterocycles. The van der Waals surface area contributed by atoms with E-state index in [1.165, 1.54) is 0 Å². The van der Waals surface area contributed by atoms with Crippen LogP contribution in [-0.2, 0) is 20.7 Å². The van der Waals surface area contributed by atoms with Crippen molar-refractivity contribution in [2.45, 2.75) is 58.9 Å². The predicted octanol–water partition coefficient (Wildman–Crippen LogP) is 4.13. The van der Waals surface area contributed by atoms with Gasteiger partial charge in [-0.2, -0.15) is 0 Å². The van der Waals surface area contributed by atoms with Crippen LogP contribution in [0.2, 0.25) is 0 Å². The Hall–Kier alpha value is -2.86. The molecule has 2 atom stereocenters. The fourth-order valence-corrected chi connectivity index (χ4v) is 2.83. The average Bonchev–Trinajstić information content (AvgIpc) is 2.67. The molecule has 6 heteroatoms. The van der Waals surface area contributed by atoms with Gasteiger partial charge in [-0.15, -0.1) is 0 Å². The molecule has 0 aliphatic carbocycles. The fraction of sp³-hybridized carbons (Fsp3) is 0.417. The van der Waals surface area contributed by atoms with Crippen LogP contribution < -0.4 is 10.1 Å². The molecule has 0 bridgehead atoms. The first-order chi connectivity index (χ1) is 14.2. The van der Waals surface area contributed by atoms with Crippen LogP contribution in [0.5, 0.6) is 5.75 Å². The van der Waals surface area contributed by atoms with Crippen molar-refractivity contribution in [1.29, 1.82) is 0 Å². The zero-order chi connectivity index (χ0) is 22.1. The van der Waals surface area contributed by atoms with E-state index in [0.29, 0.717) is 17.7 Å². The van der Waals surface area contributed by atoms with Gasteiger partial charge in [0.1, 0.15) is 11.9 Å². The van der Waals surface area contributed by atoms with Crippen LogP contribution >= 0.6 is 0 Å². The van der Waals surface area contributed by atoms with Crippen molar-refractivity contribution < 1.29 is 23.8 Å². The first-order valence-corrected chi connectivity index (χ1v) is 10.1. The van der Waals surface area contributed by atoms with E-state index in [1.54, 1.807) is 37.3 Å². The van der Waals surface area contributed by atoms with Gasteiger partial charge in [-0.25, -0.2) is 9.59 Å². The Morgan fingerprint density at radius 3 is 2.37 bits per heavy atom. The predicted molar refractivity (Wildman–Crippen MR) is 115 cm³/mol. The zero-order valence-corrected chi connectivity index (χ0v) is 18.3. The number of rotatable bonds is 9. The lowest BCUT2D eigenvalue weighted by atomic mass is 10.1. The van der Waals surface area contributed by atoms with Crippen LogP contribution in [0.25, 0.3) is 0 Å². The van der Waals surface area contributed by atoms with Crippen molar-refractivity contribution in [2.75, 3.05) is 6.61 Å². The SMILES string of the molecule is CCOC(=O)C(NC(C)(C)C)Oc1cccc(CC(C)OC(=O)c2ccccc2)c1. The minimum absolute atomic E-state index is 0.273. The first-order valence-electron chi connectivity index (χ1n) is 10.1.